The highest BCUT2D eigenvalue weighted by Crippen LogP contribution is 2.30. The molecule has 0 radical (unpaired) electrons. The molecule has 0 saturated carbocycles. The number of carbonyl (C=O) groups is 1. The van der Waals surface area contributed by atoms with E-state index >= 15 is 0 Å². The van der Waals surface area contributed by atoms with Crippen LogP contribution in [0, 0.1) is 10.1 Å². The molecule has 3 N–H and O–H groups in total. The first-order chi connectivity index (χ1) is 10.1. The number of hydrogen-bond acceptors (Lipinski definition) is 6. The van der Waals surface area contributed by atoms with Gasteiger partial charge in [0.15, 0.2) is 0 Å². The van der Waals surface area contributed by atoms with Crippen molar-refractivity contribution in [2.45, 2.75) is 18.6 Å². The van der Waals surface area contributed by atoms with Crippen molar-refractivity contribution in [1.82, 2.24) is 4.90 Å². The van der Waals surface area contributed by atoms with Gasteiger partial charge >= 0.3 is 5.69 Å². The van der Waals surface area contributed by atoms with Gasteiger partial charge in [0.05, 0.1) is 4.92 Å². The maximum absolute atomic E-state index is 12.6. The second-order valence-electron chi connectivity index (χ2n) is 4.76. The lowest BCUT2D eigenvalue weighted by Crippen LogP contribution is -2.42. The van der Waals surface area contributed by atoms with Crippen molar-refractivity contribution >= 4 is 29.0 Å². The molecule has 1 aliphatic rings. The minimum absolute atomic E-state index is 0.0807. The summed E-state index contributed by atoms with van der Waals surface area (Å²) < 4.78 is 0. The number of rotatable bonds is 4. The van der Waals surface area contributed by atoms with Gasteiger partial charge in [0.2, 0.25) is 0 Å². The number of anilines is 1. The zero-order valence-electron chi connectivity index (χ0n) is 11.7. The number of nitrogens with two attached hydrogens (primary N) is 1. The molecule has 8 heteroatoms. The third kappa shape index (κ3) is 3.27. The van der Waals surface area contributed by atoms with Crippen LogP contribution in [0.4, 0.5) is 11.4 Å². The molecule has 21 heavy (non-hydrogen) atoms. The summed E-state index contributed by atoms with van der Waals surface area (Å²) in [6.45, 7) is 3.31. The summed E-state index contributed by atoms with van der Waals surface area (Å²) in [5.74, 6) is 5.84. The lowest BCUT2D eigenvalue weighted by atomic mass is 10.1. The summed E-state index contributed by atoms with van der Waals surface area (Å²) in [5.41, 5.74) is 2.23. The Morgan fingerprint density at radius 2 is 2.38 bits per heavy atom. The first kappa shape index (κ1) is 15.6. The Kier molecular flexibility index (Phi) is 5.03. The molecule has 114 valence electrons. The average molecular weight is 310 g/mol. The minimum atomic E-state index is -0.571. The fraction of sp³-hybridized carbons (Fsp3) is 0.462. The molecule has 0 bridgehead atoms. The van der Waals surface area contributed by atoms with Crippen molar-refractivity contribution in [3.05, 3.63) is 33.9 Å². The molecule has 1 atom stereocenters. The van der Waals surface area contributed by atoms with Gasteiger partial charge in [-0.3, -0.25) is 20.8 Å². The Bertz CT molecular complexity index is 552. The molecule has 0 aliphatic carbocycles. The fourth-order valence-electron chi connectivity index (χ4n) is 2.35. The Hall–Kier alpha value is -1.80. The molecule has 1 heterocycles. The molecule has 1 aliphatic heterocycles. The van der Waals surface area contributed by atoms with Gasteiger partial charge in [-0.05, 0) is 18.6 Å². The largest absolute Gasteiger partial charge is 0.336 e. The molecule has 1 unspecified atom stereocenters. The Morgan fingerprint density at radius 3 is 3.00 bits per heavy atom. The number of hydrogen-bond donors (Lipinski definition) is 2. The van der Waals surface area contributed by atoms with Gasteiger partial charge in [-0.25, -0.2) is 0 Å². The fourth-order valence-corrected chi connectivity index (χ4v) is 3.53. The Labute approximate surface area is 127 Å². The number of nitro groups is 1. The van der Waals surface area contributed by atoms with Crippen LogP contribution in [0.1, 0.15) is 23.7 Å². The predicted molar refractivity (Wildman–Crippen MR) is 83.3 cm³/mol. The quantitative estimate of drug-likeness (QED) is 0.500. The van der Waals surface area contributed by atoms with E-state index < -0.39 is 4.92 Å². The molecule has 1 saturated heterocycles. The number of nitro benzene ring substituents is 1. The SMILES string of the molecule is CCC1CN(C(=O)c2cccc(NN)c2[N+](=O)[O-])CCS1. The number of amides is 1. The Balaban J connectivity index is 2.32. The lowest BCUT2D eigenvalue weighted by Gasteiger charge is -2.31. The van der Waals surface area contributed by atoms with Crippen LogP contribution in [0.5, 0.6) is 0 Å². The first-order valence-corrected chi connectivity index (χ1v) is 7.78. The molecular formula is C13H18N4O3S. The van der Waals surface area contributed by atoms with Crippen LogP contribution in [-0.4, -0.2) is 39.8 Å². The highest BCUT2D eigenvalue weighted by molar-refractivity contribution is 8.00. The number of thioether (sulfide) groups is 1. The van der Waals surface area contributed by atoms with E-state index in [1.165, 1.54) is 12.1 Å². The lowest BCUT2D eigenvalue weighted by molar-refractivity contribution is -0.384. The minimum Gasteiger partial charge on any atom is -0.336 e. The van der Waals surface area contributed by atoms with Gasteiger partial charge in [0, 0.05) is 24.1 Å². The maximum atomic E-state index is 12.6. The van der Waals surface area contributed by atoms with Gasteiger partial charge < -0.3 is 10.3 Å². The zero-order valence-corrected chi connectivity index (χ0v) is 12.6. The van der Waals surface area contributed by atoms with Crippen molar-refractivity contribution < 1.29 is 9.72 Å². The van der Waals surface area contributed by atoms with Gasteiger partial charge in [0.1, 0.15) is 11.3 Å². The monoisotopic (exact) mass is 310 g/mol. The van der Waals surface area contributed by atoms with Crippen molar-refractivity contribution in [3.8, 4) is 0 Å². The summed E-state index contributed by atoms with van der Waals surface area (Å²) in [4.78, 5) is 25.0. The number of para-hydroxylation sites is 1. The number of carbonyl (C=O) groups excluding carboxylic acids is 1. The predicted octanol–water partition coefficient (Wildman–Crippen LogP) is 1.85. The van der Waals surface area contributed by atoms with Crippen molar-refractivity contribution in [3.63, 3.8) is 0 Å². The zero-order chi connectivity index (χ0) is 15.4. The van der Waals surface area contributed by atoms with Crippen LogP contribution in [0.25, 0.3) is 0 Å². The third-order valence-electron chi connectivity index (χ3n) is 3.49. The maximum Gasteiger partial charge on any atom is 0.306 e. The van der Waals surface area contributed by atoms with E-state index in [-0.39, 0.29) is 22.8 Å². The van der Waals surface area contributed by atoms with Crippen LogP contribution < -0.4 is 11.3 Å². The summed E-state index contributed by atoms with van der Waals surface area (Å²) in [6, 6.07) is 4.55. The third-order valence-corrected chi connectivity index (χ3v) is 4.86. The van der Waals surface area contributed by atoms with Crippen LogP contribution >= 0.6 is 11.8 Å². The van der Waals surface area contributed by atoms with E-state index in [2.05, 4.69) is 12.3 Å². The number of hydrazine groups is 1. The van der Waals surface area contributed by atoms with Crippen molar-refractivity contribution in [2.75, 3.05) is 24.3 Å². The van der Waals surface area contributed by atoms with E-state index in [4.69, 9.17) is 5.84 Å². The number of nitrogens with one attached hydrogen (secondary N) is 1. The number of benzene rings is 1. The smallest absolute Gasteiger partial charge is 0.306 e. The number of nitrogens with zero attached hydrogens (tertiary/aromatic N) is 2. The molecule has 1 aromatic carbocycles. The van der Waals surface area contributed by atoms with E-state index in [0.29, 0.717) is 18.3 Å². The van der Waals surface area contributed by atoms with E-state index in [0.717, 1.165) is 12.2 Å². The van der Waals surface area contributed by atoms with E-state index in [1.807, 2.05) is 11.8 Å². The van der Waals surface area contributed by atoms with Crippen LogP contribution in [0.3, 0.4) is 0 Å². The standard InChI is InChI=1S/C13H18N4O3S/c1-2-9-8-16(6-7-21-9)13(18)10-4-3-5-11(15-14)12(10)17(19)20/h3-5,9,15H,2,6-8,14H2,1H3. The molecule has 1 amide bonds. The van der Waals surface area contributed by atoms with E-state index in [9.17, 15) is 14.9 Å². The van der Waals surface area contributed by atoms with Crippen LogP contribution in [0.15, 0.2) is 18.2 Å². The van der Waals surface area contributed by atoms with Crippen molar-refractivity contribution in [1.29, 1.82) is 0 Å². The molecule has 1 fully saturated rings. The summed E-state index contributed by atoms with van der Waals surface area (Å²) in [6.07, 6.45) is 0.973. The number of nitrogen functional groups attached to an aromatic ring is 1. The normalized spacial score (nSPS) is 18.4. The van der Waals surface area contributed by atoms with Gasteiger partial charge in [-0.15, -0.1) is 0 Å². The first-order valence-electron chi connectivity index (χ1n) is 6.73. The summed E-state index contributed by atoms with van der Waals surface area (Å²) in [5, 5.41) is 11.6. The highest BCUT2D eigenvalue weighted by atomic mass is 32.2. The molecule has 7 nitrogen and oxygen atoms in total. The van der Waals surface area contributed by atoms with Gasteiger partial charge in [-0.1, -0.05) is 13.0 Å². The second-order valence-corrected chi connectivity index (χ2v) is 6.16. The molecule has 2 rings (SSSR count). The molecule has 0 aromatic heterocycles. The van der Waals surface area contributed by atoms with E-state index in [1.54, 1.807) is 11.0 Å². The Morgan fingerprint density at radius 1 is 1.62 bits per heavy atom. The van der Waals surface area contributed by atoms with Gasteiger partial charge in [-0.2, -0.15) is 11.8 Å². The molecule has 1 aromatic rings. The summed E-state index contributed by atoms with van der Waals surface area (Å²) >= 11 is 1.84. The van der Waals surface area contributed by atoms with Crippen molar-refractivity contribution in [2.24, 2.45) is 5.84 Å². The summed E-state index contributed by atoms with van der Waals surface area (Å²) in [7, 11) is 0. The van der Waals surface area contributed by atoms with Gasteiger partial charge in [0.25, 0.3) is 5.91 Å². The second kappa shape index (κ2) is 6.77. The topological polar surface area (TPSA) is 102 Å². The van der Waals surface area contributed by atoms with Crippen LogP contribution in [-0.2, 0) is 0 Å². The molecule has 0 spiro atoms. The average Bonchev–Trinajstić information content (AvgIpc) is 2.53. The highest BCUT2D eigenvalue weighted by Gasteiger charge is 2.30. The van der Waals surface area contributed by atoms with Crippen LogP contribution in [0.2, 0.25) is 0 Å². The molecular weight excluding hydrogens is 292 g/mol.